The Bertz CT molecular complexity index is 756. The average molecular weight is 360 g/mol. The van der Waals surface area contributed by atoms with E-state index in [1.165, 1.54) is 22.7 Å². The third-order valence-electron chi connectivity index (χ3n) is 3.27. The second-order valence-corrected chi connectivity index (χ2v) is 6.60. The van der Waals surface area contributed by atoms with Crippen LogP contribution in [0.25, 0.3) is 0 Å². The summed E-state index contributed by atoms with van der Waals surface area (Å²) in [5.41, 5.74) is 0.693. The quantitative estimate of drug-likeness (QED) is 0.747. The van der Waals surface area contributed by atoms with Crippen LogP contribution in [-0.4, -0.2) is 11.7 Å². The van der Waals surface area contributed by atoms with Crippen molar-refractivity contribution in [2.45, 2.75) is 5.37 Å². The van der Waals surface area contributed by atoms with Crippen LogP contribution in [0.5, 0.6) is 0 Å². The minimum atomic E-state index is -0.786. The Morgan fingerprint density at radius 3 is 2.59 bits per heavy atom. The Morgan fingerprint density at radius 2 is 1.91 bits per heavy atom. The van der Waals surface area contributed by atoms with Gasteiger partial charge in [0, 0.05) is 21.7 Å². The zero-order valence-corrected chi connectivity index (χ0v) is 13.4. The normalized spacial score (nSPS) is 18.1. The molecule has 2 aromatic rings. The van der Waals surface area contributed by atoms with Crippen molar-refractivity contribution in [1.29, 1.82) is 0 Å². The molecule has 7 heteroatoms. The third-order valence-corrected chi connectivity index (χ3v) is 5.02. The first kappa shape index (κ1) is 15.6. The molecular formula is C15H9Cl2F2NOS. The van der Waals surface area contributed by atoms with Gasteiger partial charge in [0.25, 0.3) is 0 Å². The Balaban J connectivity index is 2.06. The molecule has 1 unspecified atom stereocenters. The number of anilines is 1. The highest BCUT2D eigenvalue weighted by Gasteiger charge is 2.36. The number of benzene rings is 2. The van der Waals surface area contributed by atoms with Crippen molar-refractivity contribution >= 4 is 46.6 Å². The van der Waals surface area contributed by atoms with Crippen molar-refractivity contribution in [1.82, 2.24) is 0 Å². The van der Waals surface area contributed by atoms with E-state index in [0.717, 1.165) is 12.1 Å². The monoisotopic (exact) mass is 359 g/mol. The maximum absolute atomic E-state index is 14.0. The highest BCUT2D eigenvalue weighted by molar-refractivity contribution is 8.00. The largest absolute Gasteiger partial charge is 0.292 e. The van der Waals surface area contributed by atoms with Gasteiger partial charge in [-0.1, -0.05) is 29.3 Å². The molecule has 1 atom stereocenters. The highest BCUT2D eigenvalue weighted by Crippen LogP contribution is 2.45. The van der Waals surface area contributed by atoms with Crippen molar-refractivity contribution in [3.05, 3.63) is 63.6 Å². The maximum atomic E-state index is 14.0. The predicted molar refractivity (Wildman–Crippen MR) is 85.5 cm³/mol. The van der Waals surface area contributed by atoms with E-state index in [1.54, 1.807) is 18.2 Å². The van der Waals surface area contributed by atoms with E-state index in [0.29, 0.717) is 15.6 Å². The summed E-state index contributed by atoms with van der Waals surface area (Å²) in [4.78, 5) is 13.4. The number of rotatable bonds is 2. The van der Waals surface area contributed by atoms with Crippen LogP contribution in [0.2, 0.25) is 10.0 Å². The van der Waals surface area contributed by atoms with Gasteiger partial charge in [-0.25, -0.2) is 8.78 Å². The molecule has 2 nitrogen and oxygen atoms in total. The lowest BCUT2D eigenvalue weighted by molar-refractivity contribution is -0.115. The van der Waals surface area contributed by atoms with Gasteiger partial charge in [-0.15, -0.1) is 11.8 Å². The fourth-order valence-electron chi connectivity index (χ4n) is 2.29. The number of hydrogen-bond donors (Lipinski definition) is 0. The summed E-state index contributed by atoms with van der Waals surface area (Å²) in [6, 6.07) is 8.06. The zero-order chi connectivity index (χ0) is 15.9. The van der Waals surface area contributed by atoms with Crippen molar-refractivity contribution in [3.8, 4) is 0 Å². The van der Waals surface area contributed by atoms with Crippen LogP contribution < -0.4 is 4.90 Å². The molecule has 0 bridgehead atoms. The number of carbonyl (C=O) groups is 1. The molecule has 0 N–H and O–H groups in total. The second kappa shape index (κ2) is 6.07. The van der Waals surface area contributed by atoms with E-state index in [-0.39, 0.29) is 17.3 Å². The molecule has 1 saturated heterocycles. The van der Waals surface area contributed by atoms with E-state index in [4.69, 9.17) is 23.2 Å². The molecule has 0 aliphatic carbocycles. The minimum absolute atomic E-state index is 0.0346. The Labute approximate surface area is 140 Å². The van der Waals surface area contributed by atoms with Crippen molar-refractivity contribution in [2.24, 2.45) is 0 Å². The number of hydrogen-bond acceptors (Lipinski definition) is 2. The molecule has 22 heavy (non-hydrogen) atoms. The van der Waals surface area contributed by atoms with Gasteiger partial charge in [0.05, 0.1) is 11.4 Å². The van der Waals surface area contributed by atoms with Gasteiger partial charge in [0.15, 0.2) is 0 Å². The van der Waals surface area contributed by atoms with Crippen molar-refractivity contribution in [2.75, 3.05) is 10.7 Å². The number of halogens is 4. The number of carbonyl (C=O) groups excluding carboxylic acids is 1. The molecule has 2 aromatic carbocycles. The lowest BCUT2D eigenvalue weighted by Gasteiger charge is -2.25. The van der Waals surface area contributed by atoms with Crippen LogP contribution in [0.4, 0.5) is 14.5 Å². The van der Waals surface area contributed by atoms with Crippen LogP contribution in [0.1, 0.15) is 10.9 Å². The summed E-state index contributed by atoms with van der Waals surface area (Å²) in [6.45, 7) is 0. The zero-order valence-electron chi connectivity index (χ0n) is 11.0. The summed E-state index contributed by atoms with van der Waals surface area (Å²) in [6.07, 6.45) is 0. The maximum Gasteiger partial charge on any atom is 0.238 e. The van der Waals surface area contributed by atoms with Crippen LogP contribution >= 0.6 is 35.0 Å². The van der Waals surface area contributed by atoms with E-state index in [1.807, 2.05) is 0 Å². The van der Waals surface area contributed by atoms with Crippen LogP contribution in [0, 0.1) is 11.6 Å². The Hall–Kier alpha value is -1.30. The van der Waals surface area contributed by atoms with E-state index >= 15 is 0 Å². The van der Waals surface area contributed by atoms with E-state index in [9.17, 15) is 13.6 Å². The van der Waals surface area contributed by atoms with Gasteiger partial charge >= 0.3 is 0 Å². The minimum Gasteiger partial charge on any atom is -0.292 e. The Kier molecular flexibility index (Phi) is 4.30. The molecule has 1 heterocycles. The molecule has 1 fully saturated rings. The smallest absolute Gasteiger partial charge is 0.238 e. The highest BCUT2D eigenvalue weighted by atomic mass is 35.5. The number of amides is 1. The first-order valence-electron chi connectivity index (χ1n) is 6.31. The van der Waals surface area contributed by atoms with Crippen LogP contribution in [0.3, 0.4) is 0 Å². The summed E-state index contributed by atoms with van der Waals surface area (Å²) in [5.74, 6) is -1.54. The fourth-order valence-corrected chi connectivity index (χ4v) is 4.07. The van der Waals surface area contributed by atoms with Gasteiger partial charge in [-0.05, 0) is 24.3 Å². The molecule has 0 radical (unpaired) electrons. The number of nitrogens with zero attached hydrogens (tertiary/aromatic N) is 1. The average Bonchev–Trinajstić information content (AvgIpc) is 2.81. The standard InChI is InChI=1S/C15H9Cl2F2NOS/c16-8-1-3-10(11(17)5-8)15-20(14(21)7-22-15)13-4-2-9(18)6-12(13)19/h1-6,15H,7H2. The first-order valence-corrected chi connectivity index (χ1v) is 8.11. The van der Waals surface area contributed by atoms with Gasteiger partial charge in [-0.2, -0.15) is 0 Å². The van der Waals surface area contributed by atoms with Crippen molar-refractivity contribution in [3.63, 3.8) is 0 Å². The molecule has 0 spiro atoms. The third kappa shape index (κ3) is 2.81. The summed E-state index contributed by atoms with van der Waals surface area (Å²) in [5, 5.41) is 0.395. The van der Waals surface area contributed by atoms with Crippen LogP contribution in [-0.2, 0) is 4.79 Å². The van der Waals surface area contributed by atoms with Gasteiger partial charge < -0.3 is 0 Å². The van der Waals surface area contributed by atoms with Gasteiger partial charge in [0.1, 0.15) is 17.0 Å². The Morgan fingerprint density at radius 1 is 1.14 bits per heavy atom. The molecule has 0 aromatic heterocycles. The lowest BCUT2D eigenvalue weighted by atomic mass is 10.1. The summed E-state index contributed by atoms with van der Waals surface area (Å²) >= 11 is 13.4. The molecular weight excluding hydrogens is 351 g/mol. The molecule has 0 saturated carbocycles. The second-order valence-electron chi connectivity index (χ2n) is 4.69. The first-order chi connectivity index (χ1) is 10.5. The van der Waals surface area contributed by atoms with Crippen LogP contribution in [0.15, 0.2) is 36.4 Å². The van der Waals surface area contributed by atoms with Gasteiger partial charge in [0.2, 0.25) is 5.91 Å². The van der Waals surface area contributed by atoms with E-state index < -0.39 is 17.0 Å². The topological polar surface area (TPSA) is 20.3 Å². The predicted octanol–water partition coefficient (Wildman–Crippen LogP) is 5.05. The lowest BCUT2D eigenvalue weighted by Crippen LogP contribution is -2.28. The molecule has 1 aliphatic heterocycles. The molecule has 3 rings (SSSR count). The van der Waals surface area contributed by atoms with E-state index in [2.05, 4.69) is 0 Å². The molecule has 114 valence electrons. The SMILES string of the molecule is O=C1CSC(c2ccc(Cl)cc2Cl)N1c1ccc(F)cc1F. The molecule has 1 aliphatic rings. The molecule has 1 amide bonds. The summed E-state index contributed by atoms with van der Waals surface area (Å²) in [7, 11) is 0. The van der Waals surface area contributed by atoms with Gasteiger partial charge in [-0.3, -0.25) is 9.69 Å². The van der Waals surface area contributed by atoms with Crippen molar-refractivity contribution < 1.29 is 13.6 Å². The fraction of sp³-hybridized carbons (Fsp3) is 0.133. The summed E-state index contributed by atoms with van der Waals surface area (Å²) < 4.78 is 27.1. The number of thioether (sulfide) groups is 1.